The van der Waals surface area contributed by atoms with Crippen molar-refractivity contribution in [3.8, 4) is 0 Å². The van der Waals surface area contributed by atoms with E-state index in [0.717, 1.165) is 24.0 Å². The molecule has 0 spiro atoms. The molecule has 0 bridgehead atoms. The zero-order valence-electron chi connectivity index (χ0n) is 11.9. The molecule has 0 aromatic carbocycles. The van der Waals surface area contributed by atoms with E-state index < -0.39 is 0 Å². The van der Waals surface area contributed by atoms with Gasteiger partial charge in [0.25, 0.3) is 0 Å². The van der Waals surface area contributed by atoms with Gasteiger partial charge in [0.1, 0.15) is 6.10 Å². The van der Waals surface area contributed by atoms with Crippen LogP contribution in [-0.2, 0) is 14.3 Å². The number of carbonyl (C=O) groups is 2. The largest absolute Gasteiger partial charge is 0.457 e. The molecule has 4 atom stereocenters. The summed E-state index contributed by atoms with van der Waals surface area (Å²) >= 11 is 0. The fourth-order valence-corrected chi connectivity index (χ4v) is 3.86. The summed E-state index contributed by atoms with van der Waals surface area (Å²) in [5.41, 5.74) is 1.50. The van der Waals surface area contributed by atoms with Gasteiger partial charge in [-0.3, -0.25) is 9.59 Å². The molecular weight excluding hydrogens is 240 g/mol. The number of carbonyl (C=O) groups excluding carboxylic acids is 2. The summed E-state index contributed by atoms with van der Waals surface area (Å²) in [5.74, 6) is -0.172. The number of esters is 1. The lowest BCUT2D eigenvalue weighted by Crippen LogP contribution is -2.46. The van der Waals surface area contributed by atoms with Gasteiger partial charge >= 0.3 is 5.97 Å². The van der Waals surface area contributed by atoms with E-state index in [0.29, 0.717) is 0 Å². The number of ketones is 1. The molecule has 3 rings (SSSR count). The number of hydrogen-bond donors (Lipinski definition) is 0. The Hall–Kier alpha value is -1.38. The van der Waals surface area contributed by atoms with E-state index in [1.165, 1.54) is 0 Å². The molecule has 3 nitrogen and oxygen atoms in total. The fraction of sp³-hybridized carbons (Fsp3) is 0.625. The van der Waals surface area contributed by atoms with Crippen LogP contribution < -0.4 is 0 Å². The van der Waals surface area contributed by atoms with Gasteiger partial charge in [0.15, 0.2) is 5.78 Å². The first-order valence-electron chi connectivity index (χ1n) is 6.95. The highest BCUT2D eigenvalue weighted by Crippen LogP contribution is 2.58. The molecule has 1 unspecified atom stereocenters. The van der Waals surface area contributed by atoms with E-state index in [1.54, 1.807) is 6.08 Å². The Kier molecular flexibility index (Phi) is 2.39. The lowest BCUT2D eigenvalue weighted by atomic mass is 9.56. The van der Waals surface area contributed by atoms with Crippen molar-refractivity contribution in [1.29, 1.82) is 0 Å². The predicted molar refractivity (Wildman–Crippen MR) is 71.3 cm³/mol. The summed E-state index contributed by atoms with van der Waals surface area (Å²) in [5, 5.41) is 0. The minimum atomic E-state index is -0.234. The Morgan fingerprint density at radius 1 is 1.26 bits per heavy atom. The third-order valence-corrected chi connectivity index (χ3v) is 5.61. The van der Waals surface area contributed by atoms with Gasteiger partial charge in [-0.05, 0) is 31.4 Å². The number of rotatable bonds is 0. The number of fused-ring (bicyclic) bond motifs is 3. The number of allylic oxidation sites excluding steroid dienone is 3. The van der Waals surface area contributed by atoms with Crippen molar-refractivity contribution in [2.24, 2.45) is 16.7 Å². The van der Waals surface area contributed by atoms with Gasteiger partial charge in [-0.25, -0.2) is 0 Å². The van der Waals surface area contributed by atoms with Crippen LogP contribution in [0.1, 0.15) is 40.5 Å². The summed E-state index contributed by atoms with van der Waals surface area (Å²) in [7, 11) is 0. The highest BCUT2D eigenvalue weighted by molar-refractivity contribution is 6.05. The quantitative estimate of drug-likeness (QED) is 0.629. The second kappa shape index (κ2) is 3.59. The SMILES string of the molecule is CC1=C2C3OC(=O)[C@@H](C)[C@]3(C)CC[C@@]2(C)C=CC1=O. The smallest absolute Gasteiger partial charge is 0.309 e. The predicted octanol–water partition coefficient (Wildman–Crippen LogP) is 2.81. The molecule has 0 aromatic heterocycles. The average molecular weight is 260 g/mol. The fourth-order valence-electron chi connectivity index (χ4n) is 3.86. The monoisotopic (exact) mass is 260 g/mol. The summed E-state index contributed by atoms with van der Waals surface area (Å²) in [4.78, 5) is 23.9. The van der Waals surface area contributed by atoms with Crippen LogP contribution in [0.25, 0.3) is 0 Å². The zero-order valence-corrected chi connectivity index (χ0v) is 11.9. The highest BCUT2D eigenvalue weighted by atomic mass is 16.6. The van der Waals surface area contributed by atoms with Crippen LogP contribution in [0.4, 0.5) is 0 Å². The zero-order chi connectivity index (χ0) is 14.0. The molecule has 1 saturated carbocycles. The normalized spacial score (nSPS) is 45.1. The van der Waals surface area contributed by atoms with E-state index in [1.807, 2.05) is 19.9 Å². The second-order valence-corrected chi connectivity index (χ2v) is 6.70. The van der Waals surface area contributed by atoms with Crippen LogP contribution in [0.3, 0.4) is 0 Å². The summed E-state index contributed by atoms with van der Waals surface area (Å²) in [6.07, 6.45) is 5.35. The average Bonchev–Trinajstić information content (AvgIpc) is 2.59. The first-order valence-corrected chi connectivity index (χ1v) is 6.95. The lowest BCUT2D eigenvalue weighted by Gasteiger charge is -2.47. The standard InChI is InChI=1S/C16H20O3/c1-9-11(17)5-6-15(3)7-8-16(4)10(2)14(18)19-13(16)12(9)15/h5-6,10,13H,7-8H2,1-4H3/t10-,13?,15-,16+/m1/s1. The molecule has 102 valence electrons. The molecule has 19 heavy (non-hydrogen) atoms. The van der Waals surface area contributed by atoms with E-state index in [4.69, 9.17) is 4.74 Å². The Morgan fingerprint density at radius 2 is 1.95 bits per heavy atom. The second-order valence-electron chi connectivity index (χ2n) is 6.70. The minimum Gasteiger partial charge on any atom is -0.457 e. The highest BCUT2D eigenvalue weighted by Gasteiger charge is 2.59. The summed E-state index contributed by atoms with van der Waals surface area (Å²) < 4.78 is 5.65. The maximum atomic E-state index is 12.0. The lowest BCUT2D eigenvalue weighted by molar-refractivity contribution is -0.143. The van der Waals surface area contributed by atoms with Crippen LogP contribution in [0, 0.1) is 16.7 Å². The Balaban J connectivity index is 2.16. The molecule has 1 aliphatic heterocycles. The van der Waals surface area contributed by atoms with E-state index in [-0.39, 0.29) is 34.6 Å². The third kappa shape index (κ3) is 1.44. The Bertz CT molecular complexity index is 542. The summed E-state index contributed by atoms with van der Waals surface area (Å²) in [6.45, 7) is 8.07. The third-order valence-electron chi connectivity index (χ3n) is 5.61. The van der Waals surface area contributed by atoms with Crippen LogP contribution >= 0.6 is 0 Å². The molecule has 2 aliphatic carbocycles. The van der Waals surface area contributed by atoms with Crippen LogP contribution in [0.5, 0.6) is 0 Å². The van der Waals surface area contributed by atoms with Gasteiger partial charge < -0.3 is 4.74 Å². The van der Waals surface area contributed by atoms with Gasteiger partial charge in [0, 0.05) is 16.4 Å². The van der Waals surface area contributed by atoms with E-state index in [9.17, 15) is 9.59 Å². The van der Waals surface area contributed by atoms with Crippen molar-refractivity contribution in [3.05, 3.63) is 23.3 Å². The maximum absolute atomic E-state index is 12.0. The van der Waals surface area contributed by atoms with Crippen molar-refractivity contribution in [3.63, 3.8) is 0 Å². The molecule has 0 radical (unpaired) electrons. The molecule has 3 aliphatic rings. The molecular formula is C16H20O3. The van der Waals surface area contributed by atoms with Gasteiger partial charge in [-0.1, -0.05) is 26.8 Å². The molecule has 3 heteroatoms. The van der Waals surface area contributed by atoms with Crippen molar-refractivity contribution in [1.82, 2.24) is 0 Å². The van der Waals surface area contributed by atoms with E-state index in [2.05, 4.69) is 13.8 Å². The van der Waals surface area contributed by atoms with Gasteiger partial charge in [0.05, 0.1) is 5.92 Å². The van der Waals surface area contributed by atoms with Crippen LogP contribution in [-0.4, -0.2) is 17.9 Å². The molecule has 1 saturated heterocycles. The van der Waals surface area contributed by atoms with Crippen molar-refractivity contribution < 1.29 is 14.3 Å². The van der Waals surface area contributed by atoms with E-state index >= 15 is 0 Å². The molecule has 0 aromatic rings. The molecule has 0 amide bonds. The van der Waals surface area contributed by atoms with Crippen molar-refractivity contribution in [2.45, 2.75) is 46.6 Å². The number of hydrogen-bond acceptors (Lipinski definition) is 3. The number of ether oxygens (including phenoxy) is 1. The topological polar surface area (TPSA) is 43.4 Å². The minimum absolute atomic E-state index is 0.0485. The van der Waals surface area contributed by atoms with Crippen LogP contribution in [0.15, 0.2) is 23.3 Å². The van der Waals surface area contributed by atoms with Crippen molar-refractivity contribution >= 4 is 11.8 Å². The molecule has 0 N–H and O–H groups in total. The maximum Gasteiger partial charge on any atom is 0.309 e. The molecule has 2 fully saturated rings. The van der Waals surface area contributed by atoms with Gasteiger partial charge in [-0.2, -0.15) is 0 Å². The summed E-state index contributed by atoms with van der Waals surface area (Å²) in [6, 6.07) is 0. The van der Waals surface area contributed by atoms with Crippen molar-refractivity contribution in [2.75, 3.05) is 0 Å². The van der Waals surface area contributed by atoms with Gasteiger partial charge in [0.2, 0.25) is 0 Å². The Labute approximate surface area is 113 Å². The first kappa shape index (κ1) is 12.6. The molecule has 1 heterocycles. The first-order chi connectivity index (χ1) is 8.79. The Morgan fingerprint density at radius 3 is 2.63 bits per heavy atom. The van der Waals surface area contributed by atoms with Gasteiger partial charge in [-0.15, -0.1) is 0 Å². The van der Waals surface area contributed by atoms with Crippen LogP contribution in [0.2, 0.25) is 0 Å².